The normalized spacial score (nSPS) is 15.1. The quantitative estimate of drug-likeness (QED) is 0.778. The summed E-state index contributed by atoms with van der Waals surface area (Å²) in [6.45, 7) is 8.31. The van der Waals surface area contributed by atoms with E-state index in [9.17, 15) is 0 Å². The minimum absolute atomic E-state index is 0.244. The van der Waals surface area contributed by atoms with Crippen LogP contribution in [-0.4, -0.2) is 16.2 Å². The van der Waals surface area contributed by atoms with Crippen molar-refractivity contribution in [3.05, 3.63) is 5.89 Å². The zero-order valence-corrected chi connectivity index (χ0v) is 11.1. The number of anilines is 1. The molecule has 1 aromatic heterocycles. The molecule has 1 N–H and O–H groups in total. The molecule has 1 rings (SSSR count). The molecule has 1 heterocycles. The van der Waals surface area contributed by atoms with E-state index in [2.05, 4.69) is 36.3 Å². The number of alkyl halides is 1. The summed E-state index contributed by atoms with van der Waals surface area (Å²) in [4.78, 5) is 0. The van der Waals surface area contributed by atoms with Gasteiger partial charge < -0.3 is 9.73 Å². The average molecular weight is 246 g/mol. The summed E-state index contributed by atoms with van der Waals surface area (Å²) in [5.74, 6) is 1.07. The lowest BCUT2D eigenvalue weighted by molar-refractivity contribution is 0.421. The number of halogens is 1. The highest BCUT2D eigenvalue weighted by Gasteiger charge is 2.17. The Morgan fingerprint density at radius 2 is 1.88 bits per heavy atom. The van der Waals surface area contributed by atoms with E-state index in [-0.39, 0.29) is 5.38 Å². The van der Waals surface area contributed by atoms with E-state index < -0.39 is 0 Å². The molecule has 0 radical (unpaired) electrons. The maximum atomic E-state index is 5.85. The molecule has 0 saturated carbocycles. The molecule has 5 heteroatoms. The number of hydrogen-bond acceptors (Lipinski definition) is 4. The van der Waals surface area contributed by atoms with Crippen LogP contribution in [0.4, 0.5) is 6.01 Å². The summed E-state index contributed by atoms with van der Waals surface area (Å²) in [5.41, 5.74) is 0. The third-order valence-corrected chi connectivity index (χ3v) is 3.07. The lowest BCUT2D eigenvalue weighted by atomic mass is 9.96. The summed E-state index contributed by atoms with van der Waals surface area (Å²) < 4.78 is 5.39. The standard InChI is InChI=1S/C11H20ClN3O/c1-5-9(6-2)8(4)13-11-15-14-10(16-11)7(3)12/h7-9H,5-6H2,1-4H3,(H,13,15). The summed E-state index contributed by atoms with van der Waals surface area (Å²) >= 11 is 5.85. The van der Waals surface area contributed by atoms with Crippen molar-refractivity contribution in [2.75, 3.05) is 5.32 Å². The number of rotatable bonds is 6. The summed E-state index contributed by atoms with van der Waals surface area (Å²) in [6, 6.07) is 0.788. The van der Waals surface area contributed by atoms with Gasteiger partial charge in [-0.3, -0.25) is 0 Å². The summed E-state index contributed by atoms with van der Waals surface area (Å²) in [6.07, 6.45) is 2.27. The highest BCUT2D eigenvalue weighted by atomic mass is 35.5. The zero-order chi connectivity index (χ0) is 12.1. The third-order valence-electron chi connectivity index (χ3n) is 2.89. The molecule has 2 unspecified atom stereocenters. The Labute approximate surface area is 102 Å². The maximum Gasteiger partial charge on any atom is 0.315 e. The molecule has 0 aliphatic carbocycles. The number of aromatic nitrogens is 2. The predicted molar refractivity (Wildman–Crippen MR) is 65.7 cm³/mol. The number of nitrogens with one attached hydrogen (secondary N) is 1. The van der Waals surface area contributed by atoms with Gasteiger partial charge in [0.05, 0.1) is 0 Å². The lowest BCUT2D eigenvalue weighted by Gasteiger charge is -2.21. The van der Waals surface area contributed by atoms with Crippen molar-refractivity contribution in [2.24, 2.45) is 5.92 Å². The fraction of sp³-hybridized carbons (Fsp3) is 0.818. The van der Waals surface area contributed by atoms with Crippen molar-refractivity contribution in [3.8, 4) is 0 Å². The van der Waals surface area contributed by atoms with E-state index in [0.29, 0.717) is 23.9 Å². The Bertz CT molecular complexity index is 310. The molecule has 2 atom stereocenters. The predicted octanol–water partition coefficient (Wildman–Crippen LogP) is 3.61. The third kappa shape index (κ3) is 3.37. The topological polar surface area (TPSA) is 51.0 Å². The van der Waals surface area contributed by atoms with Gasteiger partial charge in [-0.15, -0.1) is 16.7 Å². The molecule has 92 valence electrons. The van der Waals surface area contributed by atoms with E-state index in [4.69, 9.17) is 16.0 Å². The van der Waals surface area contributed by atoms with Crippen molar-refractivity contribution < 1.29 is 4.42 Å². The Morgan fingerprint density at radius 3 is 2.31 bits per heavy atom. The summed E-state index contributed by atoms with van der Waals surface area (Å²) in [5, 5.41) is 10.8. The van der Waals surface area contributed by atoms with Gasteiger partial charge in [0.25, 0.3) is 0 Å². The van der Waals surface area contributed by atoms with Crippen LogP contribution in [0.1, 0.15) is 51.8 Å². The Kier molecular flexibility index (Phi) is 5.06. The smallest absolute Gasteiger partial charge is 0.315 e. The second-order valence-electron chi connectivity index (χ2n) is 4.07. The molecule has 0 fully saturated rings. The first-order valence-electron chi connectivity index (χ1n) is 5.82. The Balaban J connectivity index is 2.58. The second kappa shape index (κ2) is 6.09. The highest BCUT2D eigenvalue weighted by molar-refractivity contribution is 6.20. The van der Waals surface area contributed by atoms with Crippen LogP contribution in [0.2, 0.25) is 0 Å². The van der Waals surface area contributed by atoms with Crippen molar-refractivity contribution in [1.82, 2.24) is 10.2 Å². The van der Waals surface area contributed by atoms with Crippen LogP contribution < -0.4 is 5.32 Å². The molecule has 0 aliphatic rings. The van der Waals surface area contributed by atoms with Crippen LogP contribution in [0.5, 0.6) is 0 Å². The molecule has 0 saturated heterocycles. The molecular formula is C11H20ClN3O. The largest absolute Gasteiger partial charge is 0.406 e. The molecule has 0 aliphatic heterocycles. The number of nitrogens with zero attached hydrogens (tertiary/aromatic N) is 2. The van der Waals surface area contributed by atoms with Crippen molar-refractivity contribution in [2.45, 2.75) is 52.0 Å². The van der Waals surface area contributed by atoms with E-state index in [1.54, 1.807) is 0 Å². The lowest BCUT2D eigenvalue weighted by Crippen LogP contribution is -2.25. The molecule has 0 spiro atoms. The SMILES string of the molecule is CCC(CC)C(C)Nc1nnc(C(C)Cl)o1. The van der Waals surface area contributed by atoms with E-state index >= 15 is 0 Å². The Hall–Kier alpha value is -0.770. The molecular weight excluding hydrogens is 226 g/mol. The van der Waals surface area contributed by atoms with Gasteiger partial charge in [0.15, 0.2) is 0 Å². The van der Waals surface area contributed by atoms with Gasteiger partial charge in [0.2, 0.25) is 5.89 Å². The van der Waals surface area contributed by atoms with Gasteiger partial charge in [0, 0.05) is 6.04 Å². The van der Waals surface area contributed by atoms with Crippen molar-refractivity contribution in [1.29, 1.82) is 0 Å². The fourth-order valence-electron chi connectivity index (χ4n) is 1.76. The minimum atomic E-state index is -0.244. The highest BCUT2D eigenvalue weighted by Crippen LogP contribution is 2.21. The van der Waals surface area contributed by atoms with Gasteiger partial charge >= 0.3 is 6.01 Å². The van der Waals surface area contributed by atoms with Crippen LogP contribution in [0.3, 0.4) is 0 Å². The van der Waals surface area contributed by atoms with Crippen molar-refractivity contribution in [3.63, 3.8) is 0 Å². The molecule has 0 bridgehead atoms. The zero-order valence-electron chi connectivity index (χ0n) is 10.3. The van der Waals surface area contributed by atoms with Gasteiger partial charge in [-0.1, -0.05) is 31.8 Å². The van der Waals surface area contributed by atoms with Gasteiger partial charge in [0.1, 0.15) is 5.38 Å². The van der Waals surface area contributed by atoms with Crippen LogP contribution in [-0.2, 0) is 0 Å². The molecule has 1 aromatic rings. The van der Waals surface area contributed by atoms with Crippen LogP contribution in [0, 0.1) is 5.92 Å². The number of hydrogen-bond donors (Lipinski definition) is 1. The Morgan fingerprint density at radius 1 is 1.25 bits per heavy atom. The van der Waals surface area contributed by atoms with Gasteiger partial charge in [-0.05, 0) is 19.8 Å². The first kappa shape index (κ1) is 13.3. The molecule has 0 aromatic carbocycles. The average Bonchev–Trinajstić information content (AvgIpc) is 2.68. The molecule has 4 nitrogen and oxygen atoms in total. The molecule has 16 heavy (non-hydrogen) atoms. The monoisotopic (exact) mass is 245 g/mol. The first-order valence-corrected chi connectivity index (χ1v) is 6.26. The minimum Gasteiger partial charge on any atom is -0.406 e. The van der Waals surface area contributed by atoms with Crippen LogP contribution in [0.15, 0.2) is 4.42 Å². The van der Waals surface area contributed by atoms with E-state index in [1.807, 2.05) is 6.92 Å². The second-order valence-corrected chi connectivity index (χ2v) is 4.73. The van der Waals surface area contributed by atoms with Gasteiger partial charge in [-0.2, -0.15) is 0 Å². The summed E-state index contributed by atoms with van der Waals surface area (Å²) in [7, 11) is 0. The van der Waals surface area contributed by atoms with Gasteiger partial charge in [-0.25, -0.2) is 0 Å². The van der Waals surface area contributed by atoms with Crippen molar-refractivity contribution >= 4 is 17.6 Å². The fourth-order valence-corrected chi connectivity index (χ4v) is 1.85. The van der Waals surface area contributed by atoms with E-state index in [0.717, 1.165) is 12.8 Å². The maximum absolute atomic E-state index is 5.85. The van der Waals surface area contributed by atoms with Crippen LogP contribution in [0.25, 0.3) is 0 Å². The van der Waals surface area contributed by atoms with Crippen LogP contribution >= 0.6 is 11.6 Å². The molecule has 0 amide bonds. The first-order chi connectivity index (χ1) is 7.58. The van der Waals surface area contributed by atoms with E-state index in [1.165, 1.54) is 0 Å².